The second-order valence-corrected chi connectivity index (χ2v) is 6.09. The topological polar surface area (TPSA) is 41.7 Å². The molecule has 2 saturated heterocycles. The summed E-state index contributed by atoms with van der Waals surface area (Å²) in [5, 5.41) is 0. The van der Waals surface area contributed by atoms with Gasteiger partial charge in [-0.1, -0.05) is 0 Å². The molecule has 1 aromatic carbocycles. The van der Waals surface area contributed by atoms with Crippen LogP contribution in [0.3, 0.4) is 0 Å². The van der Waals surface area contributed by atoms with Gasteiger partial charge >= 0.3 is 6.61 Å². The van der Waals surface area contributed by atoms with Crippen molar-refractivity contribution in [3.8, 4) is 5.75 Å². The van der Waals surface area contributed by atoms with Gasteiger partial charge in [0, 0.05) is 43.0 Å². The van der Waals surface area contributed by atoms with Gasteiger partial charge in [-0.25, -0.2) is 0 Å². The van der Waals surface area contributed by atoms with E-state index in [9.17, 15) is 8.78 Å². The number of fused-ring (bicyclic) bond motifs is 2. The van der Waals surface area contributed by atoms with Crippen molar-refractivity contribution in [1.29, 1.82) is 0 Å². The number of hydrogen-bond acceptors (Lipinski definition) is 4. The van der Waals surface area contributed by atoms with Gasteiger partial charge in [-0.3, -0.25) is 4.90 Å². The zero-order valence-electron chi connectivity index (χ0n) is 12.3. The van der Waals surface area contributed by atoms with Gasteiger partial charge in [0.05, 0.1) is 5.69 Å². The predicted octanol–water partition coefficient (Wildman–Crippen LogP) is 2.54. The van der Waals surface area contributed by atoms with Crippen LogP contribution in [0.25, 0.3) is 0 Å². The van der Waals surface area contributed by atoms with Gasteiger partial charge in [0.15, 0.2) is 5.75 Å². The highest BCUT2D eigenvalue weighted by Crippen LogP contribution is 2.38. The molecule has 116 valence electrons. The lowest BCUT2D eigenvalue weighted by molar-refractivity contribution is -0.0493. The third-order valence-corrected chi connectivity index (χ3v) is 4.49. The highest BCUT2D eigenvalue weighted by molar-refractivity contribution is 5.63. The highest BCUT2D eigenvalue weighted by atomic mass is 19.3. The summed E-state index contributed by atoms with van der Waals surface area (Å²) >= 11 is 0. The molecule has 0 saturated carbocycles. The first-order valence-corrected chi connectivity index (χ1v) is 7.32. The Labute approximate surface area is 123 Å². The van der Waals surface area contributed by atoms with Gasteiger partial charge in [-0.15, -0.1) is 0 Å². The third-order valence-electron chi connectivity index (χ3n) is 4.49. The molecule has 2 N–H and O–H groups in total. The first-order chi connectivity index (χ1) is 9.95. The number of halogens is 2. The molecule has 0 aromatic heterocycles. The highest BCUT2D eigenvalue weighted by Gasteiger charge is 2.44. The van der Waals surface area contributed by atoms with Crippen LogP contribution in [0.15, 0.2) is 18.2 Å². The van der Waals surface area contributed by atoms with Crippen molar-refractivity contribution in [2.24, 2.45) is 0 Å². The first-order valence-electron chi connectivity index (χ1n) is 7.32. The number of hydrogen-bond donors (Lipinski definition) is 1. The van der Waals surface area contributed by atoms with Gasteiger partial charge in [0.1, 0.15) is 0 Å². The number of anilines is 2. The molecule has 0 radical (unpaired) electrons. The Balaban J connectivity index is 1.77. The van der Waals surface area contributed by atoms with Gasteiger partial charge < -0.3 is 15.4 Å². The van der Waals surface area contributed by atoms with Gasteiger partial charge in [-0.05, 0) is 32.4 Å². The van der Waals surface area contributed by atoms with E-state index in [1.54, 1.807) is 12.1 Å². The molecule has 3 rings (SSSR count). The van der Waals surface area contributed by atoms with Crippen LogP contribution in [0.5, 0.6) is 5.75 Å². The summed E-state index contributed by atoms with van der Waals surface area (Å²) < 4.78 is 29.3. The van der Waals surface area contributed by atoms with Crippen LogP contribution < -0.4 is 15.4 Å². The molecule has 2 atom stereocenters. The molecule has 2 aliphatic rings. The Hall–Kier alpha value is -1.56. The number of likely N-dealkylation sites (tertiary alicyclic amines) is 1. The lowest BCUT2D eigenvalue weighted by atomic mass is 10.2. The molecule has 2 fully saturated rings. The normalized spacial score (nSPS) is 25.3. The van der Waals surface area contributed by atoms with Gasteiger partial charge in [-0.2, -0.15) is 8.78 Å². The molecule has 1 aromatic rings. The summed E-state index contributed by atoms with van der Waals surface area (Å²) in [5.74, 6) is 0.0611. The van der Waals surface area contributed by atoms with E-state index >= 15 is 0 Å². The lowest BCUT2D eigenvalue weighted by Gasteiger charge is -2.37. The van der Waals surface area contributed by atoms with E-state index < -0.39 is 6.61 Å². The fourth-order valence-corrected chi connectivity index (χ4v) is 3.55. The van der Waals surface area contributed by atoms with Crippen molar-refractivity contribution in [2.45, 2.75) is 45.0 Å². The van der Waals surface area contributed by atoms with E-state index in [1.807, 2.05) is 6.07 Å². The molecule has 2 aliphatic heterocycles. The Kier molecular flexibility index (Phi) is 3.65. The summed E-state index contributed by atoms with van der Waals surface area (Å²) in [4.78, 5) is 4.79. The molecule has 4 nitrogen and oxygen atoms in total. The lowest BCUT2D eigenvalue weighted by Crippen LogP contribution is -2.48. The zero-order chi connectivity index (χ0) is 15.1. The summed E-state index contributed by atoms with van der Waals surface area (Å²) in [7, 11) is 0. The summed E-state index contributed by atoms with van der Waals surface area (Å²) in [5.41, 5.74) is 6.84. The van der Waals surface area contributed by atoms with Crippen molar-refractivity contribution in [3.63, 3.8) is 0 Å². The minimum Gasteiger partial charge on any atom is -0.433 e. The second-order valence-electron chi connectivity index (χ2n) is 6.09. The Morgan fingerprint density at radius 2 is 2.00 bits per heavy atom. The molecule has 0 spiro atoms. The predicted molar refractivity (Wildman–Crippen MR) is 78.9 cm³/mol. The Morgan fingerprint density at radius 1 is 1.24 bits per heavy atom. The quantitative estimate of drug-likeness (QED) is 0.867. The van der Waals surface area contributed by atoms with Crippen LogP contribution in [0.1, 0.15) is 20.3 Å². The molecular weight excluding hydrogens is 276 g/mol. The van der Waals surface area contributed by atoms with Gasteiger partial charge in [0.2, 0.25) is 0 Å². The molecular formula is C15H21F2N3O. The average molecular weight is 297 g/mol. The van der Waals surface area contributed by atoms with Crippen molar-refractivity contribution in [3.05, 3.63) is 18.2 Å². The molecule has 2 heterocycles. The van der Waals surface area contributed by atoms with Crippen LogP contribution in [0.2, 0.25) is 0 Å². The van der Waals surface area contributed by atoms with Crippen molar-refractivity contribution < 1.29 is 13.5 Å². The van der Waals surface area contributed by atoms with Crippen molar-refractivity contribution in [1.82, 2.24) is 4.90 Å². The number of alkyl halides is 2. The minimum atomic E-state index is -2.85. The van der Waals surface area contributed by atoms with Crippen molar-refractivity contribution >= 4 is 11.4 Å². The summed E-state index contributed by atoms with van der Waals surface area (Å²) in [6.07, 6.45) is 1.13. The van der Waals surface area contributed by atoms with E-state index in [-0.39, 0.29) is 11.4 Å². The number of nitrogens with zero attached hydrogens (tertiary/aromatic N) is 2. The number of nitrogen functional groups attached to an aromatic ring is 1. The minimum absolute atomic E-state index is 0.0611. The molecule has 0 aliphatic carbocycles. The van der Waals surface area contributed by atoms with E-state index in [4.69, 9.17) is 5.73 Å². The number of benzene rings is 1. The second kappa shape index (κ2) is 5.33. The average Bonchev–Trinajstić information content (AvgIpc) is 3.00. The number of nitrogens with two attached hydrogens (primary N) is 1. The molecule has 2 bridgehead atoms. The Bertz CT molecular complexity index is 524. The molecule has 2 unspecified atom stereocenters. The van der Waals surface area contributed by atoms with E-state index in [1.165, 1.54) is 0 Å². The number of piperazine rings is 1. The number of ether oxygens (including phenoxy) is 1. The van der Waals surface area contributed by atoms with Crippen LogP contribution in [-0.2, 0) is 0 Å². The summed E-state index contributed by atoms with van der Waals surface area (Å²) in [6, 6.07) is 6.69. The summed E-state index contributed by atoms with van der Waals surface area (Å²) in [6.45, 7) is 3.53. The largest absolute Gasteiger partial charge is 0.433 e. The van der Waals surface area contributed by atoms with Crippen molar-refractivity contribution in [2.75, 3.05) is 23.7 Å². The number of rotatable bonds is 4. The zero-order valence-corrected chi connectivity index (χ0v) is 12.3. The fourth-order valence-electron chi connectivity index (χ4n) is 3.55. The van der Waals surface area contributed by atoms with E-state index in [0.29, 0.717) is 18.1 Å². The molecule has 21 heavy (non-hydrogen) atoms. The maximum atomic E-state index is 12.4. The standard InChI is InChI=1S/C15H21F2N3O/c1-9(2)19-7-12-5-11(19)8-20(12)10-3-4-13(18)14(6-10)21-15(16)17/h3-4,6,9,11-12,15H,5,7-8,18H2,1-2H3. The van der Waals surface area contributed by atoms with E-state index in [2.05, 4.69) is 28.4 Å². The van der Waals surface area contributed by atoms with Crippen LogP contribution >= 0.6 is 0 Å². The maximum absolute atomic E-state index is 12.4. The van der Waals surface area contributed by atoms with Gasteiger partial charge in [0.25, 0.3) is 0 Å². The van der Waals surface area contributed by atoms with Crippen LogP contribution in [0.4, 0.5) is 20.2 Å². The molecule has 0 amide bonds. The third kappa shape index (κ3) is 2.64. The smallest absolute Gasteiger partial charge is 0.387 e. The Morgan fingerprint density at radius 3 is 2.57 bits per heavy atom. The van der Waals surface area contributed by atoms with E-state index in [0.717, 1.165) is 25.2 Å². The fraction of sp³-hybridized carbons (Fsp3) is 0.600. The monoisotopic (exact) mass is 297 g/mol. The maximum Gasteiger partial charge on any atom is 0.387 e. The SMILES string of the molecule is CC(C)N1CC2CC1CN2c1ccc(N)c(OC(F)F)c1. The first kappa shape index (κ1) is 14.4. The van der Waals surface area contributed by atoms with Crippen LogP contribution in [0, 0.1) is 0 Å². The van der Waals surface area contributed by atoms with Crippen LogP contribution in [-0.4, -0.2) is 42.7 Å². The molecule has 6 heteroatoms.